The Kier molecular flexibility index (Phi) is 8.96. The standard InChI is InChI=1S/C28H35N3O5S/c1-20(2)19-31(37(35,36)24-12-7-11-23(29)17-24)16-15-28(34,18-22-9-5-4-6-10-22)30-27(33)25-13-8-14-26(32)21(25)3/h4-14,17,20,32,34H,15-16,18-19,29H2,1-3H3,(H,30,33). The monoisotopic (exact) mass is 525 g/mol. The minimum absolute atomic E-state index is 0.0163. The lowest BCUT2D eigenvalue weighted by molar-refractivity contribution is -0.00271. The lowest BCUT2D eigenvalue weighted by Gasteiger charge is -2.33. The number of aliphatic hydroxyl groups is 1. The van der Waals surface area contributed by atoms with Crippen molar-refractivity contribution in [3.05, 3.63) is 89.5 Å². The number of carbonyl (C=O) groups is 1. The van der Waals surface area contributed by atoms with Gasteiger partial charge in [-0.15, -0.1) is 0 Å². The molecule has 0 aliphatic rings. The van der Waals surface area contributed by atoms with E-state index in [0.29, 0.717) is 11.3 Å². The van der Waals surface area contributed by atoms with Gasteiger partial charge in [-0.2, -0.15) is 4.31 Å². The number of nitrogens with two attached hydrogens (primary N) is 1. The fraction of sp³-hybridized carbons (Fsp3) is 0.321. The van der Waals surface area contributed by atoms with Crippen molar-refractivity contribution < 1.29 is 23.4 Å². The van der Waals surface area contributed by atoms with Crippen LogP contribution >= 0.6 is 0 Å². The first-order valence-corrected chi connectivity index (χ1v) is 13.6. The normalized spacial score (nSPS) is 13.5. The molecule has 0 radical (unpaired) electrons. The molecule has 0 saturated carbocycles. The highest BCUT2D eigenvalue weighted by atomic mass is 32.2. The van der Waals surface area contributed by atoms with Crippen LogP contribution in [-0.2, 0) is 16.4 Å². The van der Waals surface area contributed by atoms with E-state index in [1.807, 2.05) is 44.2 Å². The fourth-order valence-electron chi connectivity index (χ4n) is 4.13. The van der Waals surface area contributed by atoms with Gasteiger partial charge in [-0.05, 0) is 48.7 Å². The zero-order chi connectivity index (χ0) is 27.2. The Hall–Kier alpha value is -3.40. The molecule has 9 heteroatoms. The van der Waals surface area contributed by atoms with E-state index in [1.54, 1.807) is 31.2 Å². The van der Waals surface area contributed by atoms with E-state index < -0.39 is 21.7 Å². The first-order chi connectivity index (χ1) is 17.4. The number of amides is 1. The van der Waals surface area contributed by atoms with E-state index in [1.165, 1.54) is 22.5 Å². The van der Waals surface area contributed by atoms with Gasteiger partial charge in [0.25, 0.3) is 5.91 Å². The summed E-state index contributed by atoms with van der Waals surface area (Å²) in [6.07, 6.45) is -0.00887. The first kappa shape index (κ1) is 28.2. The van der Waals surface area contributed by atoms with Gasteiger partial charge in [-0.1, -0.05) is 56.3 Å². The van der Waals surface area contributed by atoms with E-state index in [2.05, 4.69) is 5.32 Å². The van der Waals surface area contributed by atoms with Crippen molar-refractivity contribution in [2.45, 2.75) is 44.2 Å². The van der Waals surface area contributed by atoms with Crippen molar-refractivity contribution in [2.24, 2.45) is 5.92 Å². The van der Waals surface area contributed by atoms with Crippen molar-refractivity contribution in [1.82, 2.24) is 9.62 Å². The van der Waals surface area contributed by atoms with Crippen LogP contribution in [0.1, 0.15) is 41.8 Å². The zero-order valence-electron chi connectivity index (χ0n) is 21.4. The van der Waals surface area contributed by atoms with Gasteiger partial charge in [0, 0.05) is 42.7 Å². The number of hydrogen-bond donors (Lipinski definition) is 4. The summed E-state index contributed by atoms with van der Waals surface area (Å²) in [5, 5.41) is 24.4. The number of anilines is 1. The van der Waals surface area contributed by atoms with Gasteiger partial charge in [0.2, 0.25) is 10.0 Å². The number of hydrogen-bond acceptors (Lipinski definition) is 6. The second-order valence-corrected chi connectivity index (χ2v) is 11.6. The summed E-state index contributed by atoms with van der Waals surface area (Å²) >= 11 is 0. The molecule has 37 heavy (non-hydrogen) atoms. The number of carbonyl (C=O) groups excluding carboxylic acids is 1. The van der Waals surface area contributed by atoms with Crippen LogP contribution in [0.25, 0.3) is 0 Å². The van der Waals surface area contributed by atoms with E-state index >= 15 is 0 Å². The van der Waals surface area contributed by atoms with Crippen LogP contribution in [0.3, 0.4) is 0 Å². The number of nitrogens with one attached hydrogen (secondary N) is 1. The van der Waals surface area contributed by atoms with Gasteiger partial charge in [0.05, 0.1) is 4.90 Å². The highest BCUT2D eigenvalue weighted by molar-refractivity contribution is 7.89. The molecule has 0 fully saturated rings. The number of phenols is 1. The number of nitrogen functional groups attached to an aromatic ring is 1. The summed E-state index contributed by atoms with van der Waals surface area (Å²) in [5.41, 5.74) is 5.77. The number of phenolic OH excluding ortho intramolecular Hbond substituents is 1. The molecule has 0 aromatic heterocycles. The first-order valence-electron chi connectivity index (χ1n) is 12.1. The Morgan fingerprint density at radius 1 is 1.05 bits per heavy atom. The van der Waals surface area contributed by atoms with Crippen molar-refractivity contribution in [3.63, 3.8) is 0 Å². The van der Waals surface area contributed by atoms with Gasteiger partial charge in [-0.3, -0.25) is 4.79 Å². The Labute approximate surface area is 218 Å². The maximum absolute atomic E-state index is 13.5. The smallest absolute Gasteiger partial charge is 0.253 e. The van der Waals surface area contributed by atoms with Gasteiger partial charge in [-0.25, -0.2) is 8.42 Å². The zero-order valence-corrected chi connectivity index (χ0v) is 22.2. The summed E-state index contributed by atoms with van der Waals surface area (Å²) in [6.45, 7) is 5.61. The summed E-state index contributed by atoms with van der Waals surface area (Å²) in [5.74, 6) is -0.584. The lowest BCUT2D eigenvalue weighted by atomic mass is 9.98. The molecule has 0 aliphatic heterocycles. The molecule has 0 heterocycles. The van der Waals surface area contributed by atoms with Crippen molar-refractivity contribution in [1.29, 1.82) is 0 Å². The molecule has 3 rings (SSSR count). The lowest BCUT2D eigenvalue weighted by Crippen LogP contribution is -2.52. The summed E-state index contributed by atoms with van der Waals surface area (Å²) < 4.78 is 28.3. The number of rotatable bonds is 11. The Bertz CT molecular complexity index is 1330. The average Bonchev–Trinajstić information content (AvgIpc) is 2.83. The molecule has 5 N–H and O–H groups in total. The molecule has 3 aromatic rings. The summed E-state index contributed by atoms with van der Waals surface area (Å²) in [7, 11) is -3.91. The molecular weight excluding hydrogens is 490 g/mol. The summed E-state index contributed by atoms with van der Waals surface area (Å²) in [6, 6.07) is 19.8. The van der Waals surface area contributed by atoms with Crippen molar-refractivity contribution in [2.75, 3.05) is 18.8 Å². The van der Waals surface area contributed by atoms with E-state index in [4.69, 9.17) is 5.73 Å². The molecule has 0 bridgehead atoms. The molecule has 198 valence electrons. The topological polar surface area (TPSA) is 133 Å². The van der Waals surface area contributed by atoms with Gasteiger partial charge in [0.15, 0.2) is 0 Å². The van der Waals surface area contributed by atoms with Crippen LogP contribution in [0.2, 0.25) is 0 Å². The van der Waals surface area contributed by atoms with Gasteiger partial charge < -0.3 is 21.3 Å². The molecule has 0 aliphatic carbocycles. The van der Waals surface area contributed by atoms with Crippen LogP contribution in [0.5, 0.6) is 5.75 Å². The van der Waals surface area contributed by atoms with Crippen LogP contribution < -0.4 is 11.1 Å². The quantitative estimate of drug-likeness (QED) is 0.223. The van der Waals surface area contributed by atoms with Gasteiger partial charge >= 0.3 is 0 Å². The molecule has 8 nitrogen and oxygen atoms in total. The van der Waals surface area contributed by atoms with Crippen LogP contribution in [-0.4, -0.2) is 47.7 Å². The van der Waals surface area contributed by atoms with E-state index in [-0.39, 0.29) is 48.1 Å². The molecule has 0 spiro atoms. The van der Waals surface area contributed by atoms with Crippen LogP contribution in [0.4, 0.5) is 5.69 Å². The number of sulfonamides is 1. The molecule has 1 unspecified atom stereocenters. The highest BCUT2D eigenvalue weighted by Gasteiger charge is 2.34. The summed E-state index contributed by atoms with van der Waals surface area (Å²) in [4.78, 5) is 13.2. The predicted octanol–water partition coefficient (Wildman–Crippen LogP) is 3.68. The third-order valence-corrected chi connectivity index (χ3v) is 7.94. The fourth-order valence-corrected chi connectivity index (χ4v) is 5.79. The molecule has 1 atom stereocenters. The number of aromatic hydroxyl groups is 1. The minimum atomic E-state index is -3.91. The molecule has 3 aromatic carbocycles. The maximum atomic E-state index is 13.5. The minimum Gasteiger partial charge on any atom is -0.508 e. The predicted molar refractivity (Wildman–Crippen MR) is 144 cm³/mol. The van der Waals surface area contributed by atoms with Gasteiger partial charge in [0.1, 0.15) is 11.5 Å². The third kappa shape index (κ3) is 7.31. The largest absolute Gasteiger partial charge is 0.508 e. The molecule has 1 amide bonds. The van der Waals surface area contributed by atoms with Crippen molar-refractivity contribution >= 4 is 21.6 Å². The van der Waals surface area contributed by atoms with Crippen molar-refractivity contribution in [3.8, 4) is 5.75 Å². The highest BCUT2D eigenvalue weighted by Crippen LogP contribution is 2.24. The number of nitrogens with zero attached hydrogens (tertiary/aromatic N) is 1. The van der Waals surface area contributed by atoms with E-state index in [9.17, 15) is 23.4 Å². The molecular formula is C28H35N3O5S. The van der Waals surface area contributed by atoms with Crippen LogP contribution in [0, 0.1) is 12.8 Å². The maximum Gasteiger partial charge on any atom is 0.253 e. The average molecular weight is 526 g/mol. The molecule has 0 saturated heterocycles. The SMILES string of the molecule is Cc1c(O)cccc1C(=O)NC(O)(CCN(CC(C)C)S(=O)(=O)c1cccc(N)c1)Cc1ccccc1. The van der Waals surface area contributed by atoms with Crippen LogP contribution in [0.15, 0.2) is 77.7 Å². The Morgan fingerprint density at radius 2 is 1.73 bits per heavy atom. The number of benzene rings is 3. The second-order valence-electron chi connectivity index (χ2n) is 9.68. The second kappa shape index (κ2) is 11.8. The van der Waals surface area contributed by atoms with E-state index in [0.717, 1.165) is 5.56 Å². The Morgan fingerprint density at radius 3 is 2.38 bits per heavy atom. The Balaban J connectivity index is 1.92. The third-order valence-electron chi connectivity index (χ3n) is 6.07.